The second kappa shape index (κ2) is 11.3. The molecule has 0 aliphatic heterocycles. The molecule has 0 bridgehead atoms. The quantitative estimate of drug-likeness (QED) is 0.228. The Kier molecular flexibility index (Phi) is 9.66. The molecule has 0 aromatic heterocycles. The normalized spacial score (nSPS) is 14.4. The van der Waals surface area contributed by atoms with Gasteiger partial charge in [-0.2, -0.15) is 0 Å². The number of ether oxygens (including phenoxy) is 1. The van der Waals surface area contributed by atoms with Gasteiger partial charge in [0.15, 0.2) is 5.96 Å². The van der Waals surface area contributed by atoms with Crippen molar-refractivity contribution < 1.29 is 9.13 Å². The lowest BCUT2D eigenvalue weighted by atomic mass is 10.2. The van der Waals surface area contributed by atoms with Gasteiger partial charge >= 0.3 is 0 Å². The summed E-state index contributed by atoms with van der Waals surface area (Å²) in [4.78, 5) is 4.55. The first-order valence-corrected chi connectivity index (χ1v) is 7.86. The van der Waals surface area contributed by atoms with E-state index in [0.717, 1.165) is 31.8 Å². The summed E-state index contributed by atoms with van der Waals surface area (Å²) in [5.74, 6) is 1.30. The van der Waals surface area contributed by atoms with Gasteiger partial charge in [-0.05, 0) is 44.0 Å². The summed E-state index contributed by atoms with van der Waals surface area (Å²) in [5, 5.41) is 6.68. The molecule has 4 nitrogen and oxygen atoms in total. The van der Waals surface area contributed by atoms with Gasteiger partial charge in [0.2, 0.25) is 0 Å². The Morgan fingerprint density at radius 3 is 2.61 bits per heavy atom. The molecule has 0 fully saturated rings. The Hall–Kier alpha value is -1.31. The SMILES string of the molecule is CCNC(=NCCCOc1ccc(F)cc1)NC1CC=CC1.I. The van der Waals surface area contributed by atoms with Gasteiger partial charge < -0.3 is 15.4 Å². The molecule has 0 radical (unpaired) electrons. The number of halogens is 2. The maximum absolute atomic E-state index is 12.8. The topological polar surface area (TPSA) is 45.7 Å². The minimum atomic E-state index is -0.250. The minimum absolute atomic E-state index is 0. The number of guanidine groups is 1. The smallest absolute Gasteiger partial charge is 0.191 e. The highest BCUT2D eigenvalue weighted by atomic mass is 127. The van der Waals surface area contributed by atoms with Crippen LogP contribution in [-0.2, 0) is 0 Å². The Balaban J connectivity index is 0.00000264. The number of benzene rings is 1. The molecule has 0 saturated heterocycles. The highest BCUT2D eigenvalue weighted by Crippen LogP contribution is 2.11. The Morgan fingerprint density at radius 1 is 1.26 bits per heavy atom. The van der Waals surface area contributed by atoms with Crippen LogP contribution in [0.25, 0.3) is 0 Å². The van der Waals surface area contributed by atoms with E-state index in [-0.39, 0.29) is 29.8 Å². The van der Waals surface area contributed by atoms with Gasteiger partial charge in [0.1, 0.15) is 11.6 Å². The molecule has 0 spiro atoms. The summed E-state index contributed by atoms with van der Waals surface area (Å²) in [5.41, 5.74) is 0. The van der Waals surface area contributed by atoms with Gasteiger partial charge in [-0.25, -0.2) is 4.39 Å². The predicted octanol–water partition coefficient (Wildman–Crippen LogP) is 3.49. The van der Waals surface area contributed by atoms with E-state index in [9.17, 15) is 4.39 Å². The van der Waals surface area contributed by atoms with Crippen LogP contribution in [0.3, 0.4) is 0 Å². The molecule has 0 saturated carbocycles. The van der Waals surface area contributed by atoms with E-state index in [1.165, 1.54) is 12.1 Å². The first-order chi connectivity index (χ1) is 10.8. The molecule has 0 heterocycles. The van der Waals surface area contributed by atoms with Crippen molar-refractivity contribution in [3.63, 3.8) is 0 Å². The fraction of sp³-hybridized carbons (Fsp3) is 0.471. The minimum Gasteiger partial charge on any atom is -0.494 e. The van der Waals surface area contributed by atoms with Crippen LogP contribution in [0.5, 0.6) is 5.75 Å². The number of rotatable bonds is 7. The van der Waals surface area contributed by atoms with Crippen molar-refractivity contribution in [2.45, 2.75) is 32.2 Å². The van der Waals surface area contributed by atoms with Gasteiger partial charge in [-0.15, -0.1) is 24.0 Å². The van der Waals surface area contributed by atoms with E-state index in [4.69, 9.17) is 4.74 Å². The van der Waals surface area contributed by atoms with E-state index in [1.54, 1.807) is 12.1 Å². The lowest BCUT2D eigenvalue weighted by Gasteiger charge is -2.16. The highest BCUT2D eigenvalue weighted by Gasteiger charge is 2.11. The zero-order valence-corrected chi connectivity index (χ0v) is 15.8. The van der Waals surface area contributed by atoms with Crippen molar-refractivity contribution in [3.8, 4) is 5.75 Å². The van der Waals surface area contributed by atoms with Gasteiger partial charge in [0.05, 0.1) is 6.61 Å². The molecule has 1 aromatic rings. The third-order valence-corrected chi connectivity index (χ3v) is 3.35. The molecular formula is C17H25FIN3O. The molecule has 1 aliphatic rings. The Labute approximate surface area is 154 Å². The molecule has 0 amide bonds. The van der Waals surface area contributed by atoms with Crippen LogP contribution in [0.1, 0.15) is 26.2 Å². The van der Waals surface area contributed by atoms with Crippen LogP contribution in [-0.4, -0.2) is 31.7 Å². The average Bonchev–Trinajstić information content (AvgIpc) is 3.02. The standard InChI is InChI=1S/C17H24FN3O.HI/c1-2-19-17(21-15-6-3-4-7-15)20-12-5-13-22-16-10-8-14(18)9-11-16;/h3-4,8-11,15H,2,5-7,12-13H2,1H3,(H2,19,20,21);1H. The fourth-order valence-corrected chi connectivity index (χ4v) is 2.22. The summed E-state index contributed by atoms with van der Waals surface area (Å²) in [6, 6.07) is 6.52. The van der Waals surface area contributed by atoms with Gasteiger partial charge in [0, 0.05) is 25.6 Å². The third-order valence-electron chi connectivity index (χ3n) is 3.35. The molecule has 0 atom stereocenters. The zero-order chi connectivity index (χ0) is 15.6. The van der Waals surface area contributed by atoms with Gasteiger partial charge in [0.25, 0.3) is 0 Å². The number of aliphatic imine (C=N–C) groups is 1. The van der Waals surface area contributed by atoms with E-state index in [1.807, 2.05) is 0 Å². The molecule has 1 aromatic carbocycles. The first kappa shape index (κ1) is 19.7. The molecule has 128 valence electrons. The first-order valence-electron chi connectivity index (χ1n) is 7.86. The van der Waals surface area contributed by atoms with Crippen molar-refractivity contribution in [1.82, 2.24) is 10.6 Å². The van der Waals surface area contributed by atoms with Crippen molar-refractivity contribution in [2.24, 2.45) is 4.99 Å². The second-order valence-electron chi connectivity index (χ2n) is 5.20. The van der Waals surface area contributed by atoms with Crippen molar-refractivity contribution in [2.75, 3.05) is 19.7 Å². The van der Waals surface area contributed by atoms with Crippen LogP contribution in [0, 0.1) is 5.82 Å². The molecule has 2 rings (SSSR count). The highest BCUT2D eigenvalue weighted by molar-refractivity contribution is 14.0. The van der Waals surface area contributed by atoms with Gasteiger partial charge in [-0.1, -0.05) is 12.2 Å². The van der Waals surface area contributed by atoms with Gasteiger partial charge in [-0.3, -0.25) is 4.99 Å². The van der Waals surface area contributed by atoms with Crippen molar-refractivity contribution in [3.05, 3.63) is 42.2 Å². The van der Waals surface area contributed by atoms with Crippen LogP contribution in [0.2, 0.25) is 0 Å². The Bertz CT molecular complexity index is 497. The van der Waals surface area contributed by atoms with Crippen LogP contribution < -0.4 is 15.4 Å². The number of hydrogen-bond donors (Lipinski definition) is 2. The Morgan fingerprint density at radius 2 is 1.96 bits per heavy atom. The zero-order valence-electron chi connectivity index (χ0n) is 13.4. The number of hydrogen-bond acceptors (Lipinski definition) is 2. The number of nitrogens with one attached hydrogen (secondary N) is 2. The van der Waals surface area contributed by atoms with Crippen LogP contribution in [0.4, 0.5) is 4.39 Å². The second-order valence-corrected chi connectivity index (χ2v) is 5.20. The maximum Gasteiger partial charge on any atom is 0.191 e. The summed E-state index contributed by atoms with van der Waals surface area (Å²) >= 11 is 0. The number of nitrogens with zero attached hydrogens (tertiary/aromatic N) is 1. The van der Waals surface area contributed by atoms with Crippen molar-refractivity contribution in [1.29, 1.82) is 0 Å². The maximum atomic E-state index is 12.8. The largest absolute Gasteiger partial charge is 0.494 e. The average molecular weight is 433 g/mol. The third kappa shape index (κ3) is 7.67. The molecular weight excluding hydrogens is 408 g/mol. The summed E-state index contributed by atoms with van der Waals surface area (Å²) in [6.07, 6.45) is 7.31. The van der Waals surface area contributed by atoms with Crippen LogP contribution >= 0.6 is 24.0 Å². The summed E-state index contributed by atoms with van der Waals surface area (Å²) in [6.45, 7) is 4.16. The predicted molar refractivity (Wildman–Crippen MR) is 103 cm³/mol. The fourth-order valence-electron chi connectivity index (χ4n) is 2.22. The molecule has 6 heteroatoms. The summed E-state index contributed by atoms with van der Waals surface area (Å²) < 4.78 is 18.3. The van der Waals surface area contributed by atoms with E-state index >= 15 is 0 Å². The summed E-state index contributed by atoms with van der Waals surface area (Å²) in [7, 11) is 0. The monoisotopic (exact) mass is 433 g/mol. The lowest BCUT2D eigenvalue weighted by molar-refractivity contribution is 0.313. The van der Waals surface area contributed by atoms with E-state index in [2.05, 4.69) is 34.7 Å². The van der Waals surface area contributed by atoms with E-state index in [0.29, 0.717) is 24.9 Å². The van der Waals surface area contributed by atoms with E-state index < -0.39 is 0 Å². The lowest BCUT2D eigenvalue weighted by Crippen LogP contribution is -2.42. The molecule has 0 unspecified atom stereocenters. The molecule has 23 heavy (non-hydrogen) atoms. The van der Waals surface area contributed by atoms with Crippen molar-refractivity contribution >= 4 is 29.9 Å². The van der Waals surface area contributed by atoms with Crippen LogP contribution in [0.15, 0.2) is 41.4 Å². The molecule has 1 aliphatic carbocycles. The molecule has 2 N–H and O–H groups in total.